The molecule has 1 saturated heterocycles. The normalized spacial score (nSPS) is 24.2. The van der Waals surface area contributed by atoms with Gasteiger partial charge in [-0.3, -0.25) is 4.21 Å². The number of nitrogens with one attached hydrogen (secondary N) is 1. The van der Waals surface area contributed by atoms with Crippen LogP contribution in [0.4, 0.5) is 0 Å². The minimum Gasteiger partial charge on any atom is -0.392 e. The Balaban J connectivity index is 2.09. The van der Waals surface area contributed by atoms with Crippen molar-refractivity contribution in [2.75, 3.05) is 24.6 Å². The van der Waals surface area contributed by atoms with Crippen LogP contribution in [0.3, 0.4) is 0 Å². The van der Waals surface area contributed by atoms with Crippen LogP contribution in [0.25, 0.3) is 0 Å². The summed E-state index contributed by atoms with van der Waals surface area (Å²) in [6.07, 6.45) is -0.427. The van der Waals surface area contributed by atoms with Gasteiger partial charge < -0.3 is 10.4 Å². The van der Waals surface area contributed by atoms with Gasteiger partial charge in [-0.05, 0) is 12.8 Å². The van der Waals surface area contributed by atoms with Crippen LogP contribution in [-0.4, -0.2) is 40.0 Å². The Morgan fingerprint density at radius 2 is 2.36 bits per heavy atom. The van der Waals surface area contributed by atoms with E-state index in [-0.39, 0.29) is 0 Å². The topological polar surface area (TPSA) is 49.3 Å². The molecule has 1 heterocycles. The average Bonchev–Trinajstić information content (AvgIpc) is 1.77. The predicted molar refractivity (Wildman–Crippen MR) is 45.9 cm³/mol. The standard InChI is InChI=1S/C7H15NO2S/c1-6(9)4-11(10)5-7-2-8-3-7/h6-9H,2-5H2,1H3. The van der Waals surface area contributed by atoms with Crippen LogP contribution >= 0.6 is 0 Å². The summed E-state index contributed by atoms with van der Waals surface area (Å²) < 4.78 is 11.2. The Morgan fingerprint density at radius 3 is 2.73 bits per heavy atom. The molecule has 1 aliphatic heterocycles. The highest BCUT2D eigenvalue weighted by molar-refractivity contribution is 7.85. The van der Waals surface area contributed by atoms with E-state index in [1.165, 1.54) is 0 Å². The van der Waals surface area contributed by atoms with Gasteiger partial charge in [-0.15, -0.1) is 0 Å². The summed E-state index contributed by atoms with van der Waals surface area (Å²) >= 11 is 0. The van der Waals surface area contributed by atoms with Gasteiger partial charge in [0, 0.05) is 35.4 Å². The molecule has 11 heavy (non-hydrogen) atoms. The second-order valence-electron chi connectivity index (χ2n) is 3.15. The van der Waals surface area contributed by atoms with Crippen LogP contribution in [0.2, 0.25) is 0 Å². The molecule has 4 heteroatoms. The van der Waals surface area contributed by atoms with Crippen LogP contribution in [0.5, 0.6) is 0 Å². The van der Waals surface area contributed by atoms with Crippen molar-refractivity contribution in [3.8, 4) is 0 Å². The van der Waals surface area contributed by atoms with Crippen LogP contribution in [0.15, 0.2) is 0 Å². The molecule has 0 spiro atoms. The Kier molecular flexibility index (Phi) is 3.48. The van der Waals surface area contributed by atoms with Crippen LogP contribution in [0, 0.1) is 5.92 Å². The van der Waals surface area contributed by atoms with Crippen molar-refractivity contribution in [1.82, 2.24) is 5.32 Å². The second kappa shape index (κ2) is 4.18. The molecular weight excluding hydrogens is 162 g/mol. The zero-order chi connectivity index (χ0) is 8.27. The molecule has 0 saturated carbocycles. The summed E-state index contributed by atoms with van der Waals surface area (Å²) in [6, 6.07) is 0. The molecule has 0 bridgehead atoms. The van der Waals surface area contributed by atoms with E-state index >= 15 is 0 Å². The van der Waals surface area contributed by atoms with E-state index in [0.29, 0.717) is 11.7 Å². The first kappa shape index (κ1) is 9.16. The van der Waals surface area contributed by atoms with E-state index in [2.05, 4.69) is 5.32 Å². The molecule has 1 aliphatic rings. The number of rotatable bonds is 4. The van der Waals surface area contributed by atoms with E-state index in [1.54, 1.807) is 6.92 Å². The van der Waals surface area contributed by atoms with Crippen molar-refractivity contribution in [3.63, 3.8) is 0 Å². The Bertz CT molecular complexity index is 145. The van der Waals surface area contributed by atoms with Crippen molar-refractivity contribution in [3.05, 3.63) is 0 Å². The zero-order valence-corrected chi connectivity index (χ0v) is 7.56. The number of hydrogen-bond acceptors (Lipinski definition) is 3. The number of aliphatic hydroxyl groups is 1. The molecule has 66 valence electrons. The lowest BCUT2D eigenvalue weighted by Gasteiger charge is -2.26. The van der Waals surface area contributed by atoms with Crippen LogP contribution < -0.4 is 5.32 Å². The zero-order valence-electron chi connectivity index (χ0n) is 6.75. The first-order valence-corrected chi connectivity index (χ1v) is 5.41. The third-order valence-corrected chi connectivity index (χ3v) is 3.41. The predicted octanol–water partition coefficient (Wildman–Crippen LogP) is -0.665. The van der Waals surface area contributed by atoms with Gasteiger partial charge in [0.25, 0.3) is 0 Å². The fourth-order valence-corrected chi connectivity index (χ4v) is 2.50. The summed E-state index contributed by atoms with van der Waals surface area (Å²) in [5.41, 5.74) is 0. The van der Waals surface area contributed by atoms with Gasteiger partial charge in [-0.25, -0.2) is 0 Å². The van der Waals surface area contributed by atoms with Gasteiger partial charge in [-0.2, -0.15) is 0 Å². The molecule has 0 aromatic carbocycles. The van der Waals surface area contributed by atoms with Gasteiger partial charge >= 0.3 is 0 Å². The van der Waals surface area contributed by atoms with Crippen LogP contribution in [0.1, 0.15) is 6.92 Å². The minimum atomic E-state index is -0.819. The second-order valence-corrected chi connectivity index (χ2v) is 4.69. The summed E-state index contributed by atoms with van der Waals surface area (Å²) in [5.74, 6) is 1.75. The number of hydrogen-bond donors (Lipinski definition) is 2. The van der Waals surface area contributed by atoms with E-state index in [4.69, 9.17) is 5.11 Å². The third kappa shape index (κ3) is 3.31. The molecule has 0 aromatic rings. The monoisotopic (exact) mass is 177 g/mol. The van der Waals surface area contributed by atoms with Gasteiger partial charge in [0.2, 0.25) is 0 Å². The van der Waals surface area contributed by atoms with Crippen molar-refractivity contribution < 1.29 is 9.32 Å². The largest absolute Gasteiger partial charge is 0.392 e. The lowest BCUT2D eigenvalue weighted by Crippen LogP contribution is -2.45. The van der Waals surface area contributed by atoms with Gasteiger partial charge in [0.1, 0.15) is 0 Å². The third-order valence-electron chi connectivity index (χ3n) is 1.71. The quantitative estimate of drug-likeness (QED) is 0.599. The molecular formula is C7H15NO2S. The molecule has 2 N–H and O–H groups in total. The molecule has 0 aromatic heterocycles. The maximum absolute atomic E-state index is 11.2. The van der Waals surface area contributed by atoms with E-state index in [0.717, 1.165) is 18.8 Å². The summed E-state index contributed by atoms with van der Waals surface area (Å²) in [5, 5.41) is 12.0. The molecule has 1 rings (SSSR count). The number of aliphatic hydroxyl groups excluding tert-OH is 1. The van der Waals surface area contributed by atoms with Crippen molar-refractivity contribution in [2.45, 2.75) is 13.0 Å². The Labute approximate surface area is 69.6 Å². The Hall–Kier alpha value is 0.0700. The van der Waals surface area contributed by atoms with E-state index in [9.17, 15) is 4.21 Å². The highest BCUT2D eigenvalue weighted by Gasteiger charge is 2.19. The first-order chi connectivity index (χ1) is 5.18. The molecule has 0 amide bonds. The highest BCUT2D eigenvalue weighted by Crippen LogP contribution is 2.05. The first-order valence-electron chi connectivity index (χ1n) is 3.92. The summed E-state index contributed by atoms with van der Waals surface area (Å²) in [6.45, 7) is 3.66. The average molecular weight is 177 g/mol. The molecule has 2 unspecified atom stereocenters. The Morgan fingerprint density at radius 1 is 1.73 bits per heavy atom. The van der Waals surface area contributed by atoms with Gasteiger partial charge in [0.15, 0.2) is 0 Å². The molecule has 1 fully saturated rings. The molecule has 2 atom stereocenters. The minimum absolute atomic E-state index is 0.427. The maximum atomic E-state index is 11.2. The van der Waals surface area contributed by atoms with Gasteiger partial charge in [-0.1, -0.05) is 0 Å². The SMILES string of the molecule is CC(O)CS(=O)CC1CNC1. The van der Waals surface area contributed by atoms with Crippen LogP contribution in [-0.2, 0) is 10.8 Å². The fourth-order valence-electron chi connectivity index (χ4n) is 1.07. The fraction of sp³-hybridized carbons (Fsp3) is 1.00. The molecule has 0 radical (unpaired) electrons. The molecule has 0 aliphatic carbocycles. The van der Waals surface area contributed by atoms with Crippen molar-refractivity contribution in [2.24, 2.45) is 5.92 Å². The van der Waals surface area contributed by atoms with Gasteiger partial charge in [0.05, 0.1) is 6.10 Å². The smallest absolute Gasteiger partial charge is 0.0627 e. The van der Waals surface area contributed by atoms with E-state index in [1.807, 2.05) is 0 Å². The maximum Gasteiger partial charge on any atom is 0.0627 e. The van der Waals surface area contributed by atoms with Crippen molar-refractivity contribution in [1.29, 1.82) is 0 Å². The van der Waals surface area contributed by atoms with E-state index < -0.39 is 16.9 Å². The highest BCUT2D eigenvalue weighted by atomic mass is 32.2. The molecule has 3 nitrogen and oxygen atoms in total. The lowest BCUT2D eigenvalue weighted by atomic mass is 10.1. The lowest BCUT2D eigenvalue weighted by molar-refractivity contribution is 0.219. The van der Waals surface area contributed by atoms with Crippen molar-refractivity contribution >= 4 is 10.8 Å². The summed E-state index contributed by atoms with van der Waals surface area (Å²) in [4.78, 5) is 0. The summed E-state index contributed by atoms with van der Waals surface area (Å²) in [7, 11) is -0.819.